The zero-order valence-corrected chi connectivity index (χ0v) is 13.4. The number of nitrogens with one attached hydrogen (secondary N) is 1. The lowest BCUT2D eigenvalue weighted by Gasteiger charge is -2.20. The van der Waals surface area contributed by atoms with Gasteiger partial charge in [0.2, 0.25) is 0 Å². The van der Waals surface area contributed by atoms with Crippen molar-refractivity contribution in [2.75, 3.05) is 24.7 Å². The van der Waals surface area contributed by atoms with Gasteiger partial charge in [0.05, 0.1) is 7.11 Å². The summed E-state index contributed by atoms with van der Waals surface area (Å²) in [6, 6.07) is 8.23. The number of alkyl halides is 1. The molecule has 3 nitrogen and oxygen atoms in total. The summed E-state index contributed by atoms with van der Waals surface area (Å²) in [6.07, 6.45) is 0. The molecule has 0 aliphatic rings. The third-order valence-corrected chi connectivity index (χ3v) is 3.76. The van der Waals surface area contributed by atoms with Crippen LogP contribution in [0.5, 0.6) is 11.5 Å². The monoisotopic (exact) mass is 363 g/mol. The highest BCUT2D eigenvalue weighted by molar-refractivity contribution is 14.1. The van der Waals surface area contributed by atoms with Crippen LogP contribution in [0, 0.1) is 5.92 Å². The Morgan fingerprint density at radius 3 is 2.28 bits per heavy atom. The van der Waals surface area contributed by atoms with Crippen LogP contribution in [0.4, 0.5) is 0 Å². The van der Waals surface area contributed by atoms with Crippen LogP contribution in [0.3, 0.4) is 0 Å². The fourth-order valence-corrected chi connectivity index (χ4v) is 2.88. The quantitative estimate of drug-likeness (QED) is 0.437. The molecule has 0 aliphatic carbocycles. The van der Waals surface area contributed by atoms with Crippen LogP contribution in [-0.2, 0) is 0 Å². The van der Waals surface area contributed by atoms with E-state index < -0.39 is 0 Å². The second kappa shape index (κ2) is 8.58. The lowest BCUT2D eigenvalue weighted by molar-refractivity contribution is 0.298. The maximum atomic E-state index is 5.66. The summed E-state index contributed by atoms with van der Waals surface area (Å²) < 4.78 is 11.9. The van der Waals surface area contributed by atoms with Crippen molar-refractivity contribution in [3.63, 3.8) is 0 Å². The van der Waals surface area contributed by atoms with Crippen LogP contribution in [0.1, 0.15) is 13.8 Å². The SMILES string of the molecule is COc1ccc(OCCNC(CI)C(C)C)cc1. The van der Waals surface area contributed by atoms with Gasteiger partial charge in [0.25, 0.3) is 0 Å². The van der Waals surface area contributed by atoms with Gasteiger partial charge in [-0.1, -0.05) is 36.4 Å². The minimum atomic E-state index is 0.560. The number of hydrogen-bond donors (Lipinski definition) is 1. The molecule has 1 N–H and O–H groups in total. The van der Waals surface area contributed by atoms with Crippen molar-refractivity contribution in [3.05, 3.63) is 24.3 Å². The first-order valence-electron chi connectivity index (χ1n) is 6.23. The van der Waals surface area contributed by atoms with Crippen molar-refractivity contribution in [2.24, 2.45) is 5.92 Å². The highest BCUT2D eigenvalue weighted by Crippen LogP contribution is 2.16. The predicted molar refractivity (Wildman–Crippen MR) is 84.0 cm³/mol. The van der Waals surface area contributed by atoms with Gasteiger partial charge in [-0.2, -0.15) is 0 Å². The van der Waals surface area contributed by atoms with Gasteiger partial charge in [0.15, 0.2) is 0 Å². The molecule has 0 aromatic heterocycles. The van der Waals surface area contributed by atoms with Gasteiger partial charge in [-0.3, -0.25) is 0 Å². The molecular formula is C14H22INO2. The second-order valence-electron chi connectivity index (χ2n) is 4.48. The highest BCUT2D eigenvalue weighted by atomic mass is 127. The summed E-state index contributed by atoms with van der Waals surface area (Å²) in [5.74, 6) is 2.39. The molecular weight excluding hydrogens is 341 g/mol. The molecule has 4 heteroatoms. The third-order valence-electron chi connectivity index (χ3n) is 2.81. The van der Waals surface area contributed by atoms with E-state index in [-0.39, 0.29) is 0 Å². The summed E-state index contributed by atoms with van der Waals surface area (Å²) in [4.78, 5) is 0. The van der Waals surface area contributed by atoms with E-state index in [0.717, 1.165) is 22.5 Å². The van der Waals surface area contributed by atoms with Crippen molar-refractivity contribution in [1.82, 2.24) is 5.32 Å². The van der Waals surface area contributed by atoms with Gasteiger partial charge < -0.3 is 14.8 Å². The Hall–Kier alpha value is -0.490. The van der Waals surface area contributed by atoms with E-state index >= 15 is 0 Å². The van der Waals surface area contributed by atoms with Crippen LogP contribution >= 0.6 is 22.6 Å². The molecule has 1 rings (SSSR count). The average Bonchev–Trinajstić information content (AvgIpc) is 2.39. The Bertz CT molecular complexity index is 327. The molecule has 18 heavy (non-hydrogen) atoms. The Morgan fingerprint density at radius 2 is 1.78 bits per heavy atom. The first kappa shape index (κ1) is 15.6. The topological polar surface area (TPSA) is 30.5 Å². The molecule has 0 bridgehead atoms. The molecule has 1 unspecified atom stereocenters. The molecule has 0 fully saturated rings. The Labute approximate surface area is 123 Å². The molecule has 0 radical (unpaired) electrons. The average molecular weight is 363 g/mol. The van der Waals surface area contributed by atoms with E-state index in [4.69, 9.17) is 9.47 Å². The second-order valence-corrected chi connectivity index (χ2v) is 5.36. The molecule has 0 saturated heterocycles. The molecule has 0 saturated carbocycles. The molecule has 0 aliphatic heterocycles. The van der Waals surface area contributed by atoms with E-state index in [1.807, 2.05) is 24.3 Å². The Balaban J connectivity index is 2.24. The van der Waals surface area contributed by atoms with Crippen LogP contribution in [0.25, 0.3) is 0 Å². The Kier molecular flexibility index (Phi) is 7.42. The van der Waals surface area contributed by atoms with Crippen LogP contribution in [0.2, 0.25) is 0 Å². The summed E-state index contributed by atoms with van der Waals surface area (Å²) in [7, 11) is 1.66. The number of halogens is 1. The lowest BCUT2D eigenvalue weighted by atomic mass is 10.1. The van der Waals surface area contributed by atoms with E-state index in [1.54, 1.807) is 7.11 Å². The summed E-state index contributed by atoms with van der Waals surface area (Å²) >= 11 is 2.42. The molecule has 1 aromatic rings. The summed E-state index contributed by atoms with van der Waals surface area (Å²) in [5, 5.41) is 3.50. The highest BCUT2D eigenvalue weighted by Gasteiger charge is 2.09. The summed E-state index contributed by atoms with van der Waals surface area (Å²) in [5.41, 5.74) is 0. The summed E-state index contributed by atoms with van der Waals surface area (Å²) in [6.45, 7) is 6.03. The molecule has 1 aromatic carbocycles. The van der Waals surface area contributed by atoms with E-state index in [0.29, 0.717) is 18.6 Å². The first-order valence-corrected chi connectivity index (χ1v) is 7.76. The van der Waals surface area contributed by atoms with E-state index in [1.165, 1.54) is 0 Å². The standard InChI is InChI=1S/C14H22INO2/c1-11(2)14(10-15)16-8-9-18-13-6-4-12(17-3)5-7-13/h4-7,11,14,16H,8-10H2,1-3H3. The van der Waals surface area contributed by atoms with Crippen molar-refractivity contribution in [1.29, 1.82) is 0 Å². The number of methoxy groups -OCH3 is 1. The smallest absolute Gasteiger partial charge is 0.119 e. The van der Waals surface area contributed by atoms with Gasteiger partial charge in [-0.05, 0) is 30.2 Å². The molecule has 1 atom stereocenters. The third kappa shape index (κ3) is 5.44. The van der Waals surface area contributed by atoms with Gasteiger partial charge in [-0.15, -0.1) is 0 Å². The van der Waals surface area contributed by atoms with Gasteiger partial charge in [0, 0.05) is 17.0 Å². The lowest BCUT2D eigenvalue weighted by Crippen LogP contribution is -2.37. The number of hydrogen-bond acceptors (Lipinski definition) is 3. The fourth-order valence-electron chi connectivity index (χ4n) is 1.55. The minimum absolute atomic E-state index is 0.560. The van der Waals surface area contributed by atoms with Crippen LogP contribution in [0.15, 0.2) is 24.3 Å². The van der Waals surface area contributed by atoms with Crippen molar-refractivity contribution in [3.8, 4) is 11.5 Å². The molecule has 102 valence electrons. The number of rotatable bonds is 8. The predicted octanol–water partition coefficient (Wildman–Crippen LogP) is 3.12. The first-order chi connectivity index (χ1) is 8.67. The maximum Gasteiger partial charge on any atom is 0.119 e. The minimum Gasteiger partial charge on any atom is -0.497 e. The van der Waals surface area contributed by atoms with E-state index in [9.17, 15) is 0 Å². The largest absolute Gasteiger partial charge is 0.497 e. The molecule has 0 heterocycles. The normalized spacial score (nSPS) is 12.5. The van der Waals surface area contributed by atoms with Crippen LogP contribution in [-0.4, -0.2) is 30.7 Å². The number of benzene rings is 1. The van der Waals surface area contributed by atoms with Crippen molar-refractivity contribution in [2.45, 2.75) is 19.9 Å². The fraction of sp³-hybridized carbons (Fsp3) is 0.571. The van der Waals surface area contributed by atoms with Gasteiger partial charge in [-0.25, -0.2) is 0 Å². The number of ether oxygens (including phenoxy) is 2. The Morgan fingerprint density at radius 1 is 1.17 bits per heavy atom. The molecule has 0 spiro atoms. The zero-order chi connectivity index (χ0) is 13.4. The maximum absolute atomic E-state index is 5.66. The van der Waals surface area contributed by atoms with Gasteiger partial charge >= 0.3 is 0 Å². The zero-order valence-electron chi connectivity index (χ0n) is 11.3. The van der Waals surface area contributed by atoms with E-state index in [2.05, 4.69) is 41.8 Å². The van der Waals surface area contributed by atoms with Crippen LogP contribution < -0.4 is 14.8 Å². The van der Waals surface area contributed by atoms with Crippen molar-refractivity contribution >= 4 is 22.6 Å². The molecule has 0 amide bonds. The van der Waals surface area contributed by atoms with Gasteiger partial charge in [0.1, 0.15) is 18.1 Å². The van der Waals surface area contributed by atoms with Crippen molar-refractivity contribution < 1.29 is 9.47 Å².